The largest absolute Gasteiger partial charge is 0.465 e. The van der Waals surface area contributed by atoms with Crippen LogP contribution < -0.4 is 4.90 Å². The first kappa shape index (κ1) is 13.5. The maximum absolute atomic E-state index is 11.6. The monoisotopic (exact) mass is 237 g/mol. The lowest BCUT2D eigenvalue weighted by Gasteiger charge is -2.21. The van der Waals surface area contributed by atoms with Crippen molar-refractivity contribution in [2.24, 2.45) is 0 Å². The summed E-state index contributed by atoms with van der Waals surface area (Å²) in [6.07, 6.45) is 1.66. The van der Waals surface area contributed by atoms with E-state index < -0.39 is 0 Å². The van der Waals surface area contributed by atoms with Crippen LogP contribution in [0.5, 0.6) is 0 Å². The predicted molar refractivity (Wildman–Crippen MR) is 67.4 cm³/mol. The van der Waals surface area contributed by atoms with Gasteiger partial charge in [0.05, 0.1) is 18.4 Å². The molecule has 94 valence electrons. The quantitative estimate of drug-likeness (QED) is 0.604. The van der Waals surface area contributed by atoms with E-state index in [1.54, 1.807) is 6.07 Å². The number of aliphatic hydroxyl groups is 1. The highest BCUT2D eigenvalue weighted by molar-refractivity contribution is 5.95. The molecular weight excluding hydrogens is 218 g/mol. The van der Waals surface area contributed by atoms with Crippen molar-refractivity contribution in [1.29, 1.82) is 0 Å². The highest BCUT2D eigenvalue weighted by Gasteiger charge is 2.13. The van der Waals surface area contributed by atoms with Gasteiger partial charge in [-0.25, -0.2) is 4.79 Å². The molecule has 0 spiro atoms. The van der Waals surface area contributed by atoms with Crippen molar-refractivity contribution in [2.75, 3.05) is 32.2 Å². The Morgan fingerprint density at radius 1 is 1.35 bits per heavy atom. The van der Waals surface area contributed by atoms with Gasteiger partial charge in [-0.2, -0.15) is 0 Å². The Labute approximate surface area is 102 Å². The molecule has 0 bridgehead atoms. The number of hydrogen-bond acceptors (Lipinski definition) is 4. The van der Waals surface area contributed by atoms with E-state index in [-0.39, 0.29) is 12.6 Å². The smallest absolute Gasteiger partial charge is 0.339 e. The number of esters is 1. The number of methoxy groups -OCH3 is 1. The van der Waals surface area contributed by atoms with Gasteiger partial charge in [0.25, 0.3) is 0 Å². The van der Waals surface area contributed by atoms with Gasteiger partial charge in [-0.15, -0.1) is 0 Å². The third-order valence-electron chi connectivity index (χ3n) is 2.62. The second-order valence-electron chi connectivity index (χ2n) is 3.86. The van der Waals surface area contributed by atoms with E-state index in [1.165, 1.54) is 7.11 Å². The zero-order chi connectivity index (χ0) is 12.7. The van der Waals surface area contributed by atoms with Crippen LogP contribution in [0, 0.1) is 0 Å². The number of carbonyl (C=O) groups is 1. The minimum atomic E-state index is -0.324. The second-order valence-corrected chi connectivity index (χ2v) is 3.86. The van der Waals surface area contributed by atoms with Gasteiger partial charge < -0.3 is 14.7 Å². The fourth-order valence-corrected chi connectivity index (χ4v) is 1.67. The van der Waals surface area contributed by atoms with Crippen molar-refractivity contribution in [3.8, 4) is 0 Å². The Morgan fingerprint density at radius 2 is 2.06 bits per heavy atom. The fourth-order valence-electron chi connectivity index (χ4n) is 1.67. The number of unbranched alkanes of at least 4 members (excludes halogenated alkanes) is 1. The Morgan fingerprint density at radius 3 is 2.71 bits per heavy atom. The van der Waals surface area contributed by atoms with Crippen molar-refractivity contribution in [3.05, 3.63) is 29.8 Å². The number of para-hydroxylation sites is 1. The van der Waals surface area contributed by atoms with Crippen molar-refractivity contribution in [3.63, 3.8) is 0 Å². The lowest BCUT2D eigenvalue weighted by Crippen LogP contribution is -2.21. The number of aliphatic hydroxyl groups excluding tert-OH is 1. The van der Waals surface area contributed by atoms with Gasteiger partial charge in [0, 0.05) is 20.2 Å². The summed E-state index contributed by atoms with van der Waals surface area (Å²) in [6, 6.07) is 7.36. The summed E-state index contributed by atoms with van der Waals surface area (Å²) in [5.41, 5.74) is 1.43. The van der Waals surface area contributed by atoms with E-state index in [9.17, 15) is 4.79 Å². The number of anilines is 1. The maximum Gasteiger partial charge on any atom is 0.339 e. The van der Waals surface area contributed by atoms with Crippen molar-refractivity contribution in [1.82, 2.24) is 0 Å². The number of rotatable bonds is 6. The van der Waals surface area contributed by atoms with Crippen LogP contribution in [0.4, 0.5) is 5.69 Å². The van der Waals surface area contributed by atoms with Crippen LogP contribution in [0.15, 0.2) is 24.3 Å². The van der Waals surface area contributed by atoms with E-state index in [0.717, 1.165) is 25.1 Å². The molecule has 17 heavy (non-hydrogen) atoms. The molecular formula is C13H19NO3. The topological polar surface area (TPSA) is 49.8 Å². The average Bonchev–Trinajstić information content (AvgIpc) is 2.38. The third-order valence-corrected chi connectivity index (χ3v) is 2.62. The van der Waals surface area contributed by atoms with Gasteiger partial charge in [-0.1, -0.05) is 12.1 Å². The molecule has 4 heteroatoms. The molecule has 0 saturated heterocycles. The summed E-state index contributed by atoms with van der Waals surface area (Å²) in [4.78, 5) is 13.6. The molecule has 0 aliphatic heterocycles. The summed E-state index contributed by atoms with van der Waals surface area (Å²) in [7, 11) is 3.31. The molecule has 0 saturated carbocycles. The molecule has 0 atom stereocenters. The summed E-state index contributed by atoms with van der Waals surface area (Å²) in [5, 5.41) is 8.74. The van der Waals surface area contributed by atoms with E-state index >= 15 is 0 Å². The number of ether oxygens (including phenoxy) is 1. The van der Waals surface area contributed by atoms with Gasteiger partial charge in [-0.05, 0) is 25.0 Å². The van der Waals surface area contributed by atoms with E-state index in [4.69, 9.17) is 9.84 Å². The molecule has 0 aliphatic carbocycles. The standard InChI is InChI=1S/C13H19NO3/c1-14(9-5-6-10-15)12-8-4-3-7-11(12)13(16)17-2/h3-4,7-8,15H,5-6,9-10H2,1-2H3. The van der Waals surface area contributed by atoms with Crippen LogP contribution in [-0.2, 0) is 4.74 Å². The second kappa shape index (κ2) is 6.91. The SMILES string of the molecule is COC(=O)c1ccccc1N(C)CCCCO. The first-order valence-corrected chi connectivity index (χ1v) is 5.70. The molecule has 1 rings (SSSR count). The van der Waals surface area contributed by atoms with Crippen LogP contribution in [-0.4, -0.2) is 38.4 Å². The van der Waals surface area contributed by atoms with Gasteiger partial charge in [0.1, 0.15) is 0 Å². The summed E-state index contributed by atoms with van der Waals surface area (Å²) in [5.74, 6) is -0.324. The van der Waals surface area contributed by atoms with E-state index in [1.807, 2.05) is 30.1 Å². The molecule has 0 fully saturated rings. The number of hydrogen-bond donors (Lipinski definition) is 1. The van der Waals surface area contributed by atoms with Gasteiger partial charge in [-0.3, -0.25) is 0 Å². The van der Waals surface area contributed by atoms with Crippen LogP contribution in [0.1, 0.15) is 23.2 Å². The first-order chi connectivity index (χ1) is 8.20. The normalized spacial score (nSPS) is 10.1. The van der Waals surface area contributed by atoms with Crippen molar-refractivity contribution in [2.45, 2.75) is 12.8 Å². The lowest BCUT2D eigenvalue weighted by atomic mass is 10.1. The zero-order valence-electron chi connectivity index (χ0n) is 10.3. The molecule has 1 N–H and O–H groups in total. The van der Waals surface area contributed by atoms with E-state index in [2.05, 4.69) is 0 Å². The van der Waals surface area contributed by atoms with Crippen LogP contribution >= 0.6 is 0 Å². The minimum absolute atomic E-state index is 0.201. The summed E-state index contributed by atoms with van der Waals surface area (Å²) < 4.78 is 4.75. The fraction of sp³-hybridized carbons (Fsp3) is 0.462. The lowest BCUT2D eigenvalue weighted by molar-refractivity contribution is 0.0601. The van der Waals surface area contributed by atoms with Gasteiger partial charge in [0.15, 0.2) is 0 Å². The highest BCUT2D eigenvalue weighted by Crippen LogP contribution is 2.20. The van der Waals surface area contributed by atoms with Gasteiger partial charge >= 0.3 is 5.97 Å². The molecule has 0 heterocycles. The molecule has 0 radical (unpaired) electrons. The van der Waals surface area contributed by atoms with Crippen LogP contribution in [0.3, 0.4) is 0 Å². The summed E-state index contributed by atoms with van der Waals surface area (Å²) >= 11 is 0. The Bertz CT molecular complexity index is 365. The predicted octanol–water partition coefficient (Wildman–Crippen LogP) is 1.68. The molecule has 4 nitrogen and oxygen atoms in total. The Hall–Kier alpha value is -1.55. The Kier molecular flexibility index (Phi) is 5.49. The average molecular weight is 237 g/mol. The number of benzene rings is 1. The summed E-state index contributed by atoms with van der Waals surface area (Å²) in [6.45, 7) is 1.00. The zero-order valence-corrected chi connectivity index (χ0v) is 10.3. The molecule has 0 aliphatic rings. The van der Waals surface area contributed by atoms with Crippen LogP contribution in [0.25, 0.3) is 0 Å². The first-order valence-electron chi connectivity index (χ1n) is 5.70. The maximum atomic E-state index is 11.6. The molecule has 1 aromatic rings. The van der Waals surface area contributed by atoms with Crippen LogP contribution in [0.2, 0.25) is 0 Å². The van der Waals surface area contributed by atoms with E-state index in [0.29, 0.717) is 5.56 Å². The number of nitrogens with zero attached hydrogens (tertiary/aromatic N) is 1. The number of carbonyl (C=O) groups excluding carboxylic acids is 1. The highest BCUT2D eigenvalue weighted by atomic mass is 16.5. The van der Waals surface area contributed by atoms with Crippen molar-refractivity contribution >= 4 is 11.7 Å². The molecule has 0 amide bonds. The van der Waals surface area contributed by atoms with Gasteiger partial charge in [0.2, 0.25) is 0 Å². The molecule has 1 aromatic carbocycles. The van der Waals surface area contributed by atoms with Crippen molar-refractivity contribution < 1.29 is 14.6 Å². The minimum Gasteiger partial charge on any atom is -0.465 e. The molecule has 0 unspecified atom stereocenters. The Balaban J connectivity index is 2.78. The third kappa shape index (κ3) is 3.75. The molecule has 0 aromatic heterocycles.